The highest BCUT2D eigenvalue weighted by Gasteiger charge is 2.34. The van der Waals surface area contributed by atoms with Crippen molar-refractivity contribution in [2.75, 3.05) is 26.2 Å². The van der Waals surface area contributed by atoms with Crippen molar-refractivity contribution in [1.82, 2.24) is 14.2 Å². The topological polar surface area (TPSA) is 53.5 Å². The molecule has 1 aromatic carbocycles. The van der Waals surface area contributed by atoms with Gasteiger partial charge in [0.25, 0.3) is 6.43 Å². The van der Waals surface area contributed by atoms with Crippen molar-refractivity contribution < 1.29 is 21.6 Å². The second-order valence-electron chi connectivity index (χ2n) is 6.49. The maximum Gasteiger partial charge on any atom is 0.282 e. The maximum absolute atomic E-state index is 13.5. The SMILES string of the molecule is Cc1ccc(-c2ccnc(Cl)c2)cc1S(=O)(=O)N1CCN(C(F)C(F)F)CC1. The Morgan fingerprint density at radius 2 is 1.68 bits per heavy atom. The summed E-state index contributed by atoms with van der Waals surface area (Å²) in [5, 5.41) is 0.290. The molecule has 10 heteroatoms. The molecule has 3 rings (SSSR count). The van der Waals surface area contributed by atoms with E-state index in [4.69, 9.17) is 11.6 Å². The number of hydrogen-bond acceptors (Lipinski definition) is 4. The fraction of sp³-hybridized carbons (Fsp3) is 0.389. The van der Waals surface area contributed by atoms with Crippen LogP contribution in [0.3, 0.4) is 0 Å². The lowest BCUT2D eigenvalue weighted by atomic mass is 10.1. The molecule has 1 saturated heterocycles. The number of aromatic nitrogens is 1. The van der Waals surface area contributed by atoms with Crippen LogP contribution in [0.1, 0.15) is 5.56 Å². The monoisotopic (exact) mass is 433 g/mol. The second-order valence-corrected chi connectivity index (χ2v) is 8.79. The van der Waals surface area contributed by atoms with Gasteiger partial charge in [0.15, 0.2) is 0 Å². The summed E-state index contributed by atoms with van der Waals surface area (Å²) in [6.07, 6.45) is -3.97. The fourth-order valence-corrected chi connectivity index (χ4v) is 4.98. The summed E-state index contributed by atoms with van der Waals surface area (Å²) in [5.74, 6) is 0. The first kappa shape index (κ1) is 21.0. The zero-order valence-electron chi connectivity index (χ0n) is 15.0. The quantitative estimate of drug-likeness (QED) is 0.534. The molecule has 1 atom stereocenters. The third kappa shape index (κ3) is 4.32. The van der Waals surface area contributed by atoms with Crippen molar-refractivity contribution in [3.63, 3.8) is 0 Å². The van der Waals surface area contributed by atoms with Crippen LogP contribution >= 0.6 is 11.6 Å². The molecule has 0 saturated carbocycles. The number of benzene rings is 1. The van der Waals surface area contributed by atoms with Gasteiger partial charge in [-0.3, -0.25) is 4.90 Å². The minimum absolute atomic E-state index is 0.0553. The van der Waals surface area contributed by atoms with Gasteiger partial charge < -0.3 is 0 Å². The number of pyridine rings is 1. The molecule has 0 spiro atoms. The number of aryl methyl sites for hydroxylation is 1. The van der Waals surface area contributed by atoms with Gasteiger partial charge in [0.1, 0.15) is 5.15 Å². The Morgan fingerprint density at radius 1 is 1.04 bits per heavy atom. The first-order valence-electron chi connectivity index (χ1n) is 8.59. The molecule has 1 aliphatic heterocycles. The Morgan fingerprint density at radius 3 is 2.29 bits per heavy atom. The molecule has 0 N–H and O–H groups in total. The van der Waals surface area contributed by atoms with Gasteiger partial charge in [0.2, 0.25) is 16.3 Å². The fourth-order valence-electron chi connectivity index (χ4n) is 3.13. The van der Waals surface area contributed by atoms with Gasteiger partial charge in [0.05, 0.1) is 4.90 Å². The van der Waals surface area contributed by atoms with Gasteiger partial charge in [-0.25, -0.2) is 26.6 Å². The third-order valence-corrected chi connectivity index (χ3v) is 6.94. The Labute approximate surface area is 166 Å². The van der Waals surface area contributed by atoms with Crippen LogP contribution in [-0.4, -0.2) is 61.5 Å². The predicted octanol–water partition coefficient (Wildman–Crippen LogP) is 3.58. The highest BCUT2D eigenvalue weighted by molar-refractivity contribution is 7.89. The van der Waals surface area contributed by atoms with Gasteiger partial charge in [-0.15, -0.1) is 0 Å². The van der Waals surface area contributed by atoms with E-state index in [1.54, 1.807) is 37.3 Å². The lowest BCUT2D eigenvalue weighted by Crippen LogP contribution is -2.52. The van der Waals surface area contributed by atoms with Crippen molar-refractivity contribution in [2.45, 2.75) is 24.5 Å². The number of alkyl halides is 3. The average molecular weight is 434 g/mol. The maximum atomic E-state index is 13.5. The normalized spacial score (nSPS) is 17.8. The number of halogens is 4. The number of rotatable bonds is 5. The smallest absolute Gasteiger partial charge is 0.266 e. The summed E-state index contributed by atoms with van der Waals surface area (Å²) in [6, 6.07) is 8.39. The summed E-state index contributed by atoms with van der Waals surface area (Å²) in [4.78, 5) is 4.99. The molecular formula is C18H19ClF3N3O2S. The standard InChI is InChI=1S/C18H19ClF3N3O2S/c1-12-2-3-13(14-4-5-23-16(19)11-14)10-15(12)28(26,27)25-8-6-24(7-9-25)18(22)17(20)21/h2-5,10-11,17-18H,6-9H2,1H3. The zero-order chi connectivity index (χ0) is 20.5. The van der Waals surface area contributed by atoms with E-state index in [0.717, 1.165) is 10.5 Å². The number of piperazine rings is 1. The van der Waals surface area contributed by atoms with Gasteiger partial charge in [0, 0.05) is 32.4 Å². The minimum Gasteiger partial charge on any atom is -0.266 e. The van der Waals surface area contributed by atoms with E-state index in [2.05, 4.69) is 4.98 Å². The predicted molar refractivity (Wildman–Crippen MR) is 101 cm³/mol. The second kappa shape index (κ2) is 8.36. The van der Waals surface area contributed by atoms with Crippen LogP contribution in [0, 0.1) is 6.92 Å². The molecule has 0 aliphatic carbocycles. The summed E-state index contributed by atoms with van der Waals surface area (Å²) in [7, 11) is -3.85. The molecule has 0 bridgehead atoms. The summed E-state index contributed by atoms with van der Waals surface area (Å²) < 4.78 is 65.9. The van der Waals surface area contributed by atoms with Crippen LogP contribution in [0.25, 0.3) is 11.1 Å². The lowest BCUT2D eigenvalue weighted by Gasteiger charge is -2.35. The highest BCUT2D eigenvalue weighted by Crippen LogP contribution is 2.29. The Hall–Kier alpha value is -1.68. The third-order valence-electron chi connectivity index (χ3n) is 4.70. The molecule has 2 aromatic rings. The average Bonchev–Trinajstić information content (AvgIpc) is 2.67. The molecular weight excluding hydrogens is 415 g/mol. The Bertz CT molecular complexity index is 951. The molecule has 5 nitrogen and oxygen atoms in total. The van der Waals surface area contributed by atoms with E-state index >= 15 is 0 Å². The molecule has 1 aliphatic rings. The van der Waals surface area contributed by atoms with E-state index in [0.29, 0.717) is 16.3 Å². The van der Waals surface area contributed by atoms with Crippen molar-refractivity contribution >= 4 is 21.6 Å². The number of hydrogen-bond donors (Lipinski definition) is 0. The number of nitrogens with zero attached hydrogens (tertiary/aromatic N) is 3. The van der Waals surface area contributed by atoms with Crippen LogP contribution < -0.4 is 0 Å². The lowest BCUT2D eigenvalue weighted by molar-refractivity contribution is -0.0587. The number of sulfonamides is 1. The van der Waals surface area contributed by atoms with E-state index in [1.165, 1.54) is 10.5 Å². The largest absolute Gasteiger partial charge is 0.282 e. The van der Waals surface area contributed by atoms with Gasteiger partial charge in [-0.2, -0.15) is 4.31 Å². The van der Waals surface area contributed by atoms with E-state index in [-0.39, 0.29) is 31.1 Å². The van der Waals surface area contributed by atoms with Crippen LogP contribution in [0.5, 0.6) is 0 Å². The molecule has 152 valence electrons. The first-order valence-corrected chi connectivity index (χ1v) is 10.4. The molecule has 1 unspecified atom stereocenters. The van der Waals surface area contributed by atoms with Crippen molar-refractivity contribution in [1.29, 1.82) is 0 Å². The minimum atomic E-state index is -3.85. The van der Waals surface area contributed by atoms with Crippen molar-refractivity contribution in [2.24, 2.45) is 0 Å². The molecule has 2 heterocycles. The molecule has 0 radical (unpaired) electrons. The van der Waals surface area contributed by atoms with Crippen LogP contribution in [-0.2, 0) is 10.0 Å². The summed E-state index contributed by atoms with van der Waals surface area (Å²) in [5.41, 5.74) is 1.94. The summed E-state index contributed by atoms with van der Waals surface area (Å²) in [6.45, 7) is 1.38. The van der Waals surface area contributed by atoms with Crippen molar-refractivity contribution in [3.8, 4) is 11.1 Å². The molecule has 1 fully saturated rings. The van der Waals surface area contributed by atoms with Crippen LogP contribution in [0.4, 0.5) is 13.2 Å². The van der Waals surface area contributed by atoms with Crippen molar-refractivity contribution in [3.05, 3.63) is 47.2 Å². The highest BCUT2D eigenvalue weighted by atomic mass is 35.5. The van der Waals surface area contributed by atoms with Crippen LogP contribution in [0.2, 0.25) is 5.15 Å². The Balaban J connectivity index is 1.85. The van der Waals surface area contributed by atoms with E-state index in [9.17, 15) is 21.6 Å². The molecule has 28 heavy (non-hydrogen) atoms. The van der Waals surface area contributed by atoms with Crippen LogP contribution in [0.15, 0.2) is 41.4 Å². The Kier molecular flexibility index (Phi) is 6.28. The van der Waals surface area contributed by atoms with E-state index in [1.807, 2.05) is 0 Å². The summed E-state index contributed by atoms with van der Waals surface area (Å²) >= 11 is 5.91. The first-order chi connectivity index (χ1) is 13.2. The van der Waals surface area contributed by atoms with Gasteiger partial charge >= 0.3 is 0 Å². The molecule has 0 amide bonds. The zero-order valence-corrected chi connectivity index (χ0v) is 16.6. The van der Waals surface area contributed by atoms with Gasteiger partial charge in [-0.1, -0.05) is 23.7 Å². The van der Waals surface area contributed by atoms with E-state index < -0.39 is 22.7 Å². The van der Waals surface area contributed by atoms with Gasteiger partial charge in [-0.05, 0) is 41.8 Å². The molecule has 1 aromatic heterocycles.